The van der Waals surface area contributed by atoms with Crippen LogP contribution in [0.4, 0.5) is 11.4 Å². The molecule has 2 aromatic rings. The van der Waals surface area contributed by atoms with Gasteiger partial charge in [-0.15, -0.1) is 0 Å². The third-order valence-corrected chi connectivity index (χ3v) is 7.29. The maximum absolute atomic E-state index is 12.9. The molecular weight excluding hydrogens is 462 g/mol. The van der Waals surface area contributed by atoms with Crippen LogP contribution in [0, 0.1) is 23.0 Å². The van der Waals surface area contributed by atoms with E-state index in [1.54, 1.807) is 31.2 Å². The van der Waals surface area contributed by atoms with Crippen LogP contribution in [0.1, 0.15) is 18.4 Å². The van der Waals surface area contributed by atoms with E-state index in [9.17, 15) is 23.3 Å². The van der Waals surface area contributed by atoms with Crippen LogP contribution < -0.4 is 5.32 Å². The highest BCUT2D eigenvalue weighted by Gasteiger charge is 2.33. The number of anilines is 1. The maximum atomic E-state index is 12.9. The van der Waals surface area contributed by atoms with Crippen molar-refractivity contribution < 1.29 is 18.1 Å². The lowest BCUT2D eigenvalue weighted by Crippen LogP contribution is -2.43. The van der Waals surface area contributed by atoms with Crippen LogP contribution in [0.25, 0.3) is 0 Å². The van der Waals surface area contributed by atoms with E-state index < -0.39 is 20.9 Å². The second-order valence-electron chi connectivity index (χ2n) is 6.90. The average molecular weight is 482 g/mol. The molecule has 1 N–H and O–H groups in total. The molecule has 1 aliphatic heterocycles. The van der Waals surface area contributed by atoms with E-state index in [-0.39, 0.29) is 23.0 Å². The highest BCUT2D eigenvalue weighted by atomic mass is 79.9. The van der Waals surface area contributed by atoms with Crippen LogP contribution in [-0.2, 0) is 14.8 Å². The van der Waals surface area contributed by atoms with Crippen LogP contribution in [-0.4, -0.2) is 36.6 Å². The Morgan fingerprint density at radius 1 is 1.24 bits per heavy atom. The molecule has 0 saturated carbocycles. The first kappa shape index (κ1) is 21.4. The van der Waals surface area contributed by atoms with Gasteiger partial charge in [0, 0.05) is 34.9 Å². The van der Waals surface area contributed by atoms with E-state index >= 15 is 0 Å². The van der Waals surface area contributed by atoms with Gasteiger partial charge in [-0.3, -0.25) is 14.9 Å². The molecule has 1 amide bonds. The second-order valence-corrected chi connectivity index (χ2v) is 9.76. The number of halogens is 1. The summed E-state index contributed by atoms with van der Waals surface area (Å²) in [5.41, 5.74) is 0.739. The third-order valence-electron chi connectivity index (χ3n) is 4.88. The molecule has 0 aromatic heterocycles. The molecule has 0 spiro atoms. The molecule has 1 fully saturated rings. The summed E-state index contributed by atoms with van der Waals surface area (Å²) in [6.07, 6.45) is 1.11. The zero-order valence-electron chi connectivity index (χ0n) is 15.7. The number of sulfonamides is 1. The van der Waals surface area contributed by atoms with Crippen LogP contribution in [0.2, 0.25) is 0 Å². The summed E-state index contributed by atoms with van der Waals surface area (Å²) in [7, 11) is -3.70. The Morgan fingerprint density at radius 2 is 1.93 bits per heavy atom. The zero-order chi connectivity index (χ0) is 21.2. The maximum Gasteiger partial charge on any atom is 0.274 e. The minimum absolute atomic E-state index is 0.0676. The van der Waals surface area contributed by atoms with Crippen molar-refractivity contribution in [2.75, 3.05) is 18.4 Å². The SMILES string of the molecule is Cc1ccc(NC(=O)C2CCCN(S(=O)(=O)c3ccc(Br)cc3)C2)cc1[N+](=O)[O-]. The predicted molar refractivity (Wildman–Crippen MR) is 112 cm³/mol. The van der Waals surface area contributed by atoms with E-state index in [1.807, 2.05) is 0 Å². The monoisotopic (exact) mass is 481 g/mol. The molecule has 1 atom stereocenters. The van der Waals surface area contributed by atoms with Gasteiger partial charge in [0.25, 0.3) is 5.69 Å². The Morgan fingerprint density at radius 3 is 2.59 bits per heavy atom. The number of amides is 1. The van der Waals surface area contributed by atoms with Crippen LogP contribution in [0.5, 0.6) is 0 Å². The fourth-order valence-corrected chi connectivity index (χ4v) is 5.05. The average Bonchev–Trinajstić information content (AvgIpc) is 2.69. The van der Waals surface area contributed by atoms with Crippen molar-refractivity contribution in [1.29, 1.82) is 0 Å². The van der Waals surface area contributed by atoms with Gasteiger partial charge in [0.1, 0.15) is 0 Å². The number of carbonyl (C=O) groups is 1. The number of nitrogens with one attached hydrogen (secondary N) is 1. The second kappa shape index (κ2) is 8.60. The first-order valence-corrected chi connectivity index (χ1v) is 11.2. The molecule has 0 radical (unpaired) electrons. The molecule has 1 unspecified atom stereocenters. The number of hydrogen-bond donors (Lipinski definition) is 1. The molecule has 29 heavy (non-hydrogen) atoms. The molecule has 1 heterocycles. The Labute approximate surface area is 177 Å². The van der Waals surface area contributed by atoms with Gasteiger partial charge in [0.15, 0.2) is 0 Å². The van der Waals surface area contributed by atoms with E-state index in [0.29, 0.717) is 30.6 Å². The molecule has 2 aromatic carbocycles. The van der Waals surface area contributed by atoms with Crippen molar-refractivity contribution in [3.63, 3.8) is 0 Å². The van der Waals surface area contributed by atoms with Crippen LogP contribution in [0.15, 0.2) is 51.8 Å². The first-order chi connectivity index (χ1) is 13.7. The normalized spacial score (nSPS) is 17.7. The minimum atomic E-state index is -3.70. The number of hydrogen-bond acceptors (Lipinski definition) is 5. The van der Waals surface area contributed by atoms with Gasteiger partial charge in [0.2, 0.25) is 15.9 Å². The molecule has 154 valence electrons. The molecule has 0 aliphatic carbocycles. The van der Waals surface area contributed by atoms with Gasteiger partial charge >= 0.3 is 0 Å². The highest BCUT2D eigenvalue weighted by Crippen LogP contribution is 2.27. The number of nitrogens with zero attached hydrogens (tertiary/aromatic N) is 2. The summed E-state index contributed by atoms with van der Waals surface area (Å²) in [5.74, 6) is -0.881. The fourth-order valence-electron chi connectivity index (χ4n) is 3.26. The fraction of sp³-hybridized carbons (Fsp3) is 0.316. The number of aryl methyl sites for hydroxylation is 1. The predicted octanol–water partition coefficient (Wildman–Crippen LogP) is 3.71. The molecule has 1 saturated heterocycles. The number of benzene rings is 2. The van der Waals surface area contributed by atoms with Crippen molar-refractivity contribution in [3.05, 3.63) is 62.6 Å². The first-order valence-electron chi connectivity index (χ1n) is 9.00. The van der Waals surface area contributed by atoms with Crippen molar-refractivity contribution in [3.8, 4) is 0 Å². The van der Waals surface area contributed by atoms with Gasteiger partial charge in [-0.05, 0) is 50.1 Å². The molecule has 10 heteroatoms. The van der Waals surface area contributed by atoms with Gasteiger partial charge in [-0.1, -0.05) is 22.0 Å². The quantitative estimate of drug-likeness (QED) is 0.516. The Hall–Kier alpha value is -2.30. The Balaban J connectivity index is 1.73. The number of rotatable bonds is 5. The third kappa shape index (κ3) is 4.82. The molecule has 3 rings (SSSR count). The smallest absolute Gasteiger partial charge is 0.274 e. The Bertz CT molecular complexity index is 1040. The van der Waals surface area contributed by atoms with Gasteiger partial charge < -0.3 is 5.32 Å². The van der Waals surface area contributed by atoms with Gasteiger partial charge in [0.05, 0.1) is 15.7 Å². The molecule has 8 nitrogen and oxygen atoms in total. The highest BCUT2D eigenvalue weighted by molar-refractivity contribution is 9.10. The summed E-state index contributed by atoms with van der Waals surface area (Å²) in [4.78, 5) is 23.4. The van der Waals surface area contributed by atoms with Crippen molar-refractivity contribution in [2.24, 2.45) is 5.92 Å². The summed E-state index contributed by atoms with van der Waals surface area (Å²) in [6.45, 7) is 2.03. The van der Waals surface area contributed by atoms with E-state index in [2.05, 4.69) is 21.2 Å². The van der Waals surface area contributed by atoms with E-state index in [0.717, 1.165) is 4.47 Å². The van der Waals surface area contributed by atoms with Crippen molar-refractivity contribution in [1.82, 2.24) is 4.31 Å². The van der Waals surface area contributed by atoms with Crippen molar-refractivity contribution >= 4 is 43.2 Å². The standard InChI is InChI=1S/C19H20BrN3O5S/c1-13-4-7-16(11-18(13)23(25)26)21-19(24)14-3-2-10-22(12-14)29(27,28)17-8-5-15(20)6-9-17/h4-9,11,14H,2-3,10,12H2,1H3,(H,21,24). The molecule has 1 aliphatic rings. The molecular formula is C19H20BrN3O5S. The minimum Gasteiger partial charge on any atom is -0.326 e. The lowest BCUT2D eigenvalue weighted by molar-refractivity contribution is -0.385. The summed E-state index contributed by atoms with van der Waals surface area (Å²) < 4.78 is 27.9. The number of nitro groups is 1. The largest absolute Gasteiger partial charge is 0.326 e. The summed E-state index contributed by atoms with van der Waals surface area (Å²) in [5, 5.41) is 13.8. The van der Waals surface area contributed by atoms with Crippen LogP contribution >= 0.6 is 15.9 Å². The van der Waals surface area contributed by atoms with E-state index in [1.165, 1.54) is 22.5 Å². The lowest BCUT2D eigenvalue weighted by Gasteiger charge is -2.31. The number of carbonyl (C=O) groups excluding carboxylic acids is 1. The molecule has 0 bridgehead atoms. The lowest BCUT2D eigenvalue weighted by atomic mass is 9.98. The topological polar surface area (TPSA) is 110 Å². The summed E-state index contributed by atoms with van der Waals surface area (Å²) in [6, 6.07) is 10.8. The zero-order valence-corrected chi connectivity index (χ0v) is 18.1. The van der Waals surface area contributed by atoms with Crippen LogP contribution in [0.3, 0.4) is 0 Å². The summed E-state index contributed by atoms with van der Waals surface area (Å²) >= 11 is 3.28. The Kier molecular flexibility index (Phi) is 6.35. The van der Waals surface area contributed by atoms with Crippen molar-refractivity contribution in [2.45, 2.75) is 24.7 Å². The number of piperidine rings is 1. The van der Waals surface area contributed by atoms with E-state index in [4.69, 9.17) is 0 Å². The van der Waals surface area contributed by atoms with Gasteiger partial charge in [-0.2, -0.15) is 4.31 Å². The number of nitro benzene ring substituents is 1. The van der Waals surface area contributed by atoms with Gasteiger partial charge in [-0.25, -0.2) is 8.42 Å².